The van der Waals surface area contributed by atoms with Gasteiger partial charge in [0, 0.05) is 13.5 Å². The maximum absolute atomic E-state index is 13.2. The normalized spacial score (nSPS) is 12.0. The molecule has 0 bridgehead atoms. The van der Waals surface area contributed by atoms with Crippen molar-refractivity contribution in [2.24, 2.45) is 13.0 Å². The smallest absolute Gasteiger partial charge is 0.335 e. The minimum absolute atomic E-state index is 0.0233. The van der Waals surface area contributed by atoms with Crippen LogP contribution in [0.4, 0.5) is 0 Å². The number of fused-ring (bicyclic) bond motifs is 1. The molecule has 0 fully saturated rings. The average Bonchev–Trinajstić information content (AvgIpc) is 2.84. The molecule has 1 heterocycles. The van der Waals surface area contributed by atoms with Gasteiger partial charge in [0.2, 0.25) is 0 Å². The van der Waals surface area contributed by atoms with Crippen molar-refractivity contribution < 1.29 is 14.7 Å². The van der Waals surface area contributed by atoms with Crippen molar-refractivity contribution in [1.29, 1.82) is 0 Å². The third kappa shape index (κ3) is 5.18. The van der Waals surface area contributed by atoms with Crippen LogP contribution in [0.15, 0.2) is 64.2 Å². The summed E-state index contributed by atoms with van der Waals surface area (Å²) in [6.45, 7) is 0. The van der Waals surface area contributed by atoms with Crippen molar-refractivity contribution in [3.63, 3.8) is 0 Å². The molecule has 0 amide bonds. The van der Waals surface area contributed by atoms with Gasteiger partial charge in [-0.05, 0) is 48.4 Å². The fourth-order valence-electron chi connectivity index (χ4n) is 4.15. The fourth-order valence-corrected chi connectivity index (χ4v) is 5.27. The predicted octanol–water partition coefficient (Wildman–Crippen LogP) is 5.82. The molecular formula is C26H18Cl4N2O5. The molecule has 4 rings (SSSR count). The van der Waals surface area contributed by atoms with Gasteiger partial charge in [-0.1, -0.05) is 64.6 Å². The molecule has 1 N–H and O–H groups in total. The average molecular weight is 580 g/mol. The number of aromatic nitrogens is 2. The number of nitrogens with zero attached hydrogens (tertiary/aromatic N) is 2. The number of benzene rings is 3. The number of carboxylic acids is 1. The summed E-state index contributed by atoms with van der Waals surface area (Å²) in [5, 5.41) is 10.5. The summed E-state index contributed by atoms with van der Waals surface area (Å²) in [5.74, 6) is -2.70. The zero-order valence-corrected chi connectivity index (χ0v) is 22.2. The lowest BCUT2D eigenvalue weighted by Gasteiger charge is -2.15. The van der Waals surface area contributed by atoms with Crippen LogP contribution in [-0.4, -0.2) is 26.0 Å². The van der Waals surface area contributed by atoms with Crippen molar-refractivity contribution in [2.75, 3.05) is 0 Å². The molecule has 0 radical (unpaired) electrons. The number of hydrogen-bond acceptors (Lipinski definition) is 4. The monoisotopic (exact) mass is 578 g/mol. The highest BCUT2D eigenvalue weighted by Crippen LogP contribution is 2.28. The van der Waals surface area contributed by atoms with E-state index < -0.39 is 28.9 Å². The van der Waals surface area contributed by atoms with Crippen LogP contribution in [-0.2, 0) is 18.3 Å². The molecule has 0 aliphatic heterocycles. The van der Waals surface area contributed by atoms with Crippen LogP contribution in [0.3, 0.4) is 0 Å². The Morgan fingerprint density at radius 1 is 0.865 bits per heavy atom. The van der Waals surface area contributed by atoms with E-state index in [1.165, 1.54) is 48.0 Å². The van der Waals surface area contributed by atoms with E-state index in [0.29, 0.717) is 5.56 Å². The summed E-state index contributed by atoms with van der Waals surface area (Å²) in [6, 6.07) is 13.8. The Balaban J connectivity index is 1.66. The van der Waals surface area contributed by atoms with Gasteiger partial charge in [-0.2, -0.15) is 0 Å². The van der Waals surface area contributed by atoms with Gasteiger partial charge in [-0.3, -0.25) is 19.0 Å². The molecule has 0 aliphatic rings. The summed E-state index contributed by atoms with van der Waals surface area (Å²) in [5.41, 5.74) is -0.106. The first-order valence-corrected chi connectivity index (χ1v) is 12.4. The van der Waals surface area contributed by atoms with E-state index in [1.54, 1.807) is 18.2 Å². The lowest BCUT2D eigenvalue weighted by molar-refractivity contribution is -0.141. The van der Waals surface area contributed by atoms with Gasteiger partial charge in [0.25, 0.3) is 5.56 Å². The van der Waals surface area contributed by atoms with E-state index in [2.05, 4.69) is 0 Å². The zero-order chi connectivity index (χ0) is 27.0. The van der Waals surface area contributed by atoms with Gasteiger partial charge in [-0.25, -0.2) is 9.36 Å². The second-order valence-corrected chi connectivity index (χ2v) is 9.99. The first-order chi connectivity index (χ1) is 17.5. The topological polar surface area (TPSA) is 98.4 Å². The summed E-state index contributed by atoms with van der Waals surface area (Å²) in [6.07, 6.45) is -0.292. The lowest BCUT2D eigenvalue weighted by Crippen LogP contribution is -2.38. The molecule has 11 heteroatoms. The maximum atomic E-state index is 13.2. The quantitative estimate of drug-likeness (QED) is 0.278. The molecule has 0 spiro atoms. The summed E-state index contributed by atoms with van der Waals surface area (Å²) < 4.78 is 2.21. The van der Waals surface area contributed by atoms with Crippen molar-refractivity contribution in [1.82, 2.24) is 9.13 Å². The molecule has 1 atom stereocenters. The SMILES string of the molecule is Cn1c(=O)n(-c2ccc(CC(CC(=O)c3c(Cl)cccc3Cl)C(=O)O)cc2)c(=O)c2c(Cl)ccc(Cl)c21. The van der Waals surface area contributed by atoms with Crippen LogP contribution in [0.1, 0.15) is 22.3 Å². The number of aryl methyl sites for hydroxylation is 1. The van der Waals surface area contributed by atoms with Crippen LogP contribution in [0.5, 0.6) is 0 Å². The zero-order valence-electron chi connectivity index (χ0n) is 19.2. The third-order valence-electron chi connectivity index (χ3n) is 6.01. The molecule has 7 nitrogen and oxygen atoms in total. The van der Waals surface area contributed by atoms with Crippen molar-refractivity contribution in [3.8, 4) is 5.69 Å². The van der Waals surface area contributed by atoms with E-state index in [-0.39, 0.29) is 55.1 Å². The minimum Gasteiger partial charge on any atom is -0.481 e. The number of carboxylic acid groups (broad SMARTS) is 1. The standard InChI is InChI=1S/C26H18Cl4N2O5/c1-31-23-19(30)10-9-18(29)22(23)24(34)32(26(31)37)15-7-5-13(6-8-15)11-14(25(35)36)12-20(33)21-16(27)3-2-4-17(21)28/h2-10,14H,11-12H2,1H3,(H,35,36). The van der Waals surface area contributed by atoms with Gasteiger partial charge in [0.15, 0.2) is 5.78 Å². The highest BCUT2D eigenvalue weighted by atomic mass is 35.5. The van der Waals surface area contributed by atoms with Crippen LogP contribution in [0, 0.1) is 5.92 Å². The summed E-state index contributed by atoms with van der Waals surface area (Å²) >= 11 is 24.6. The second kappa shape index (κ2) is 10.7. The molecule has 0 saturated heterocycles. The van der Waals surface area contributed by atoms with Crippen molar-refractivity contribution in [3.05, 3.63) is 107 Å². The van der Waals surface area contributed by atoms with E-state index in [0.717, 1.165) is 4.57 Å². The van der Waals surface area contributed by atoms with Crippen LogP contribution >= 0.6 is 46.4 Å². The molecule has 1 unspecified atom stereocenters. The second-order valence-electron chi connectivity index (χ2n) is 8.36. The summed E-state index contributed by atoms with van der Waals surface area (Å²) in [4.78, 5) is 50.9. The Kier molecular flexibility index (Phi) is 7.80. The number of aliphatic carboxylic acids is 1. The number of hydrogen-bond donors (Lipinski definition) is 1. The van der Waals surface area contributed by atoms with Crippen molar-refractivity contribution >= 4 is 69.1 Å². The fraction of sp³-hybridized carbons (Fsp3) is 0.154. The number of rotatable bonds is 7. The lowest BCUT2D eigenvalue weighted by atomic mass is 9.92. The Hall–Kier alpha value is -3.10. The minimum atomic E-state index is -1.16. The molecule has 190 valence electrons. The number of carbonyl (C=O) groups is 2. The van der Waals surface area contributed by atoms with Crippen molar-refractivity contribution in [2.45, 2.75) is 12.8 Å². The Labute approximate surface area is 230 Å². The van der Waals surface area contributed by atoms with Gasteiger partial charge in [0.05, 0.1) is 48.2 Å². The Bertz CT molecular complexity index is 1660. The molecule has 1 aromatic heterocycles. The molecule has 0 aliphatic carbocycles. The number of carbonyl (C=O) groups excluding carboxylic acids is 1. The van der Waals surface area contributed by atoms with Crippen LogP contribution in [0.25, 0.3) is 16.6 Å². The molecule has 0 saturated carbocycles. The molecular weight excluding hydrogens is 562 g/mol. The van der Waals surface area contributed by atoms with Gasteiger partial charge in [-0.15, -0.1) is 0 Å². The van der Waals surface area contributed by atoms with Crippen LogP contribution < -0.4 is 11.2 Å². The molecule has 3 aromatic carbocycles. The predicted molar refractivity (Wildman–Crippen MR) is 145 cm³/mol. The third-order valence-corrected chi connectivity index (χ3v) is 7.26. The van der Waals surface area contributed by atoms with E-state index >= 15 is 0 Å². The van der Waals surface area contributed by atoms with Gasteiger partial charge in [0.1, 0.15) is 0 Å². The Morgan fingerprint density at radius 2 is 1.46 bits per heavy atom. The highest BCUT2D eigenvalue weighted by Gasteiger charge is 2.25. The first-order valence-electron chi connectivity index (χ1n) is 10.9. The number of Topliss-reactive ketones (excluding diaryl/α,β-unsaturated/α-hetero) is 1. The van der Waals surface area contributed by atoms with Crippen LogP contribution in [0.2, 0.25) is 20.1 Å². The van der Waals surface area contributed by atoms with E-state index in [4.69, 9.17) is 46.4 Å². The van der Waals surface area contributed by atoms with Gasteiger partial charge >= 0.3 is 11.7 Å². The van der Waals surface area contributed by atoms with Gasteiger partial charge < -0.3 is 5.11 Å². The molecule has 37 heavy (non-hydrogen) atoms. The number of halogens is 4. The number of ketones is 1. The molecule has 4 aromatic rings. The highest BCUT2D eigenvalue weighted by molar-refractivity contribution is 6.40. The van der Waals surface area contributed by atoms with E-state index in [1.807, 2.05) is 0 Å². The largest absolute Gasteiger partial charge is 0.481 e. The first kappa shape index (κ1) is 26.9. The Morgan fingerprint density at radius 3 is 2.05 bits per heavy atom. The summed E-state index contributed by atoms with van der Waals surface area (Å²) in [7, 11) is 1.48. The maximum Gasteiger partial charge on any atom is 0.335 e. The van der Waals surface area contributed by atoms with E-state index in [9.17, 15) is 24.3 Å².